The summed E-state index contributed by atoms with van der Waals surface area (Å²) in [5, 5.41) is 0. The number of hydrogen-bond donors (Lipinski definition) is 0. The van der Waals surface area contributed by atoms with Crippen LogP contribution in [0.3, 0.4) is 0 Å². The van der Waals surface area contributed by atoms with E-state index >= 15 is 0 Å². The summed E-state index contributed by atoms with van der Waals surface area (Å²) in [4.78, 5) is 19.6. The maximum Gasteiger partial charge on any atom is 0.170 e. The van der Waals surface area contributed by atoms with Crippen LogP contribution in [0.4, 0.5) is 0 Å². The first kappa shape index (κ1) is 36.4. The van der Waals surface area contributed by atoms with Gasteiger partial charge in [0.1, 0.15) is 0 Å². The highest BCUT2D eigenvalue weighted by Gasteiger charge is 2.47. The molecule has 0 N–H and O–H groups in total. The molecule has 296 valence electrons. The Balaban J connectivity index is 0.918. The highest BCUT2D eigenvalue weighted by molar-refractivity contribution is 5.88. The average molecular weight is 809 g/mol. The summed E-state index contributed by atoms with van der Waals surface area (Å²) in [7, 11) is 0. The van der Waals surface area contributed by atoms with Crippen LogP contribution >= 0.6 is 0 Å². The lowest BCUT2D eigenvalue weighted by atomic mass is 9.67. The molecule has 0 radical (unpaired) electrons. The van der Waals surface area contributed by atoms with Crippen molar-refractivity contribution in [1.82, 2.24) is 19.9 Å². The van der Waals surface area contributed by atoms with E-state index in [1.807, 2.05) is 84.9 Å². The lowest BCUT2D eigenvalue weighted by Crippen LogP contribution is -2.28. The summed E-state index contributed by atoms with van der Waals surface area (Å²) in [6.07, 6.45) is 1.80. The van der Waals surface area contributed by atoms with E-state index in [2.05, 4.69) is 132 Å². The molecule has 3 heterocycles. The predicted octanol–water partition coefficient (Wildman–Crippen LogP) is 13.9. The van der Waals surface area contributed by atoms with Gasteiger partial charge in [-0.25, -0.2) is 15.0 Å². The van der Waals surface area contributed by atoms with Gasteiger partial charge >= 0.3 is 0 Å². The van der Waals surface area contributed by atoms with Gasteiger partial charge in [-0.1, -0.05) is 164 Å². The molecular formula is C57H36N4O2. The van der Waals surface area contributed by atoms with Crippen molar-refractivity contribution in [3.05, 3.63) is 241 Å². The summed E-state index contributed by atoms with van der Waals surface area (Å²) in [5.41, 5.74) is 13.1. The van der Waals surface area contributed by atoms with Crippen LogP contribution in [0.15, 0.2) is 219 Å². The molecule has 0 saturated heterocycles. The molecule has 0 fully saturated rings. The van der Waals surface area contributed by atoms with Gasteiger partial charge in [-0.05, 0) is 93.0 Å². The third-order valence-electron chi connectivity index (χ3n) is 12.1. The quantitative estimate of drug-likeness (QED) is 0.160. The number of fused-ring (bicyclic) bond motifs is 5. The first-order valence-electron chi connectivity index (χ1n) is 21.0. The third kappa shape index (κ3) is 6.19. The average Bonchev–Trinajstić information content (AvgIpc) is 3.65. The number of benzene rings is 8. The normalized spacial score (nSPS) is 12.8. The van der Waals surface area contributed by atoms with Crippen molar-refractivity contribution < 1.29 is 9.47 Å². The SMILES string of the molecule is c1ccc(-c2nc(-c3cccc(-c4ccc5c(c4)Oc4cc6c(cc4O5)C(c4ccccc4)(c4ccccc4)c4ccccc4-6)c3)nc(-c3cccc(-c4ccccn4)c3)n2)cc1. The molecule has 0 atom stereocenters. The van der Waals surface area contributed by atoms with E-state index in [9.17, 15) is 0 Å². The van der Waals surface area contributed by atoms with Crippen molar-refractivity contribution in [3.63, 3.8) is 0 Å². The minimum Gasteiger partial charge on any atom is -0.450 e. The molecule has 10 aromatic rings. The highest BCUT2D eigenvalue weighted by atomic mass is 16.6. The molecule has 6 nitrogen and oxygen atoms in total. The van der Waals surface area contributed by atoms with Crippen molar-refractivity contribution in [1.29, 1.82) is 0 Å². The molecule has 63 heavy (non-hydrogen) atoms. The van der Waals surface area contributed by atoms with Gasteiger partial charge in [0.25, 0.3) is 0 Å². The molecule has 2 aliphatic rings. The lowest BCUT2D eigenvalue weighted by molar-refractivity contribution is 0.359. The first-order valence-corrected chi connectivity index (χ1v) is 21.0. The van der Waals surface area contributed by atoms with Crippen LogP contribution in [0.5, 0.6) is 23.0 Å². The van der Waals surface area contributed by atoms with Gasteiger partial charge in [-0.3, -0.25) is 4.98 Å². The Morgan fingerprint density at radius 1 is 0.317 bits per heavy atom. The summed E-state index contributed by atoms with van der Waals surface area (Å²) in [6.45, 7) is 0. The van der Waals surface area contributed by atoms with Crippen molar-refractivity contribution >= 4 is 0 Å². The Bertz CT molecular complexity index is 3300. The van der Waals surface area contributed by atoms with Crippen LogP contribution < -0.4 is 9.47 Å². The summed E-state index contributed by atoms with van der Waals surface area (Å²) < 4.78 is 13.5. The van der Waals surface area contributed by atoms with Gasteiger partial charge < -0.3 is 9.47 Å². The van der Waals surface area contributed by atoms with Crippen molar-refractivity contribution in [2.45, 2.75) is 5.41 Å². The molecule has 1 aliphatic carbocycles. The Labute approximate surface area is 364 Å². The second-order valence-corrected chi connectivity index (χ2v) is 15.8. The van der Waals surface area contributed by atoms with Crippen molar-refractivity contribution in [3.8, 4) is 90.7 Å². The number of pyridine rings is 1. The van der Waals surface area contributed by atoms with Gasteiger partial charge in [-0.2, -0.15) is 0 Å². The Morgan fingerprint density at radius 2 is 0.841 bits per heavy atom. The van der Waals surface area contributed by atoms with Crippen LogP contribution in [0.1, 0.15) is 22.3 Å². The smallest absolute Gasteiger partial charge is 0.170 e. The van der Waals surface area contributed by atoms with Crippen LogP contribution in [0.25, 0.3) is 67.7 Å². The molecule has 2 aromatic heterocycles. The van der Waals surface area contributed by atoms with E-state index < -0.39 is 5.41 Å². The number of nitrogens with zero attached hydrogens (tertiary/aromatic N) is 4. The molecular weight excluding hydrogens is 773 g/mol. The third-order valence-corrected chi connectivity index (χ3v) is 12.1. The fourth-order valence-corrected chi connectivity index (χ4v) is 9.24. The Kier molecular flexibility index (Phi) is 8.61. The molecule has 0 bridgehead atoms. The molecule has 0 spiro atoms. The highest BCUT2D eigenvalue weighted by Crippen LogP contribution is 2.59. The summed E-state index contributed by atoms with van der Waals surface area (Å²) in [5.74, 6) is 4.43. The van der Waals surface area contributed by atoms with E-state index in [4.69, 9.17) is 24.4 Å². The van der Waals surface area contributed by atoms with Gasteiger partial charge in [0.15, 0.2) is 40.5 Å². The number of rotatable bonds is 7. The van der Waals surface area contributed by atoms with Gasteiger partial charge in [0.2, 0.25) is 0 Å². The van der Waals surface area contributed by atoms with Gasteiger partial charge in [0, 0.05) is 28.5 Å². The molecule has 0 unspecified atom stereocenters. The minimum atomic E-state index is -0.535. The van der Waals surface area contributed by atoms with Gasteiger partial charge in [-0.15, -0.1) is 0 Å². The van der Waals surface area contributed by atoms with Gasteiger partial charge in [0.05, 0.1) is 11.1 Å². The second kappa shape index (κ2) is 14.9. The number of hydrogen-bond acceptors (Lipinski definition) is 6. The Hall–Kier alpha value is -8.48. The first-order chi connectivity index (χ1) is 31.2. The largest absolute Gasteiger partial charge is 0.450 e. The lowest BCUT2D eigenvalue weighted by Gasteiger charge is -2.34. The topological polar surface area (TPSA) is 70.0 Å². The van der Waals surface area contributed by atoms with Crippen LogP contribution in [-0.2, 0) is 5.41 Å². The zero-order valence-electron chi connectivity index (χ0n) is 33.9. The van der Waals surface area contributed by atoms with E-state index in [0.29, 0.717) is 40.5 Å². The van der Waals surface area contributed by atoms with Crippen LogP contribution in [-0.4, -0.2) is 19.9 Å². The summed E-state index contributed by atoms with van der Waals surface area (Å²) in [6, 6.07) is 73.1. The Morgan fingerprint density at radius 3 is 1.54 bits per heavy atom. The molecule has 6 heteroatoms. The maximum atomic E-state index is 6.78. The van der Waals surface area contributed by atoms with Crippen LogP contribution in [0, 0.1) is 0 Å². The fraction of sp³-hybridized carbons (Fsp3) is 0.0175. The standard InChI is InChI=1S/C57H36N4O2/c1-4-16-37(17-5-1)54-59-55(61-56(60-54)42-21-15-19-40(33-42)49-28-12-13-31-58-49)41-20-14-18-38(32-41)39-29-30-50-51(34-39)63-52-35-46-45-26-10-11-27-47(45)57(43-22-6-2-7-23-43,44-24-8-3-9-25-44)48(46)36-53(52)62-50/h1-36H. The fourth-order valence-electron chi connectivity index (χ4n) is 9.24. The summed E-state index contributed by atoms with van der Waals surface area (Å²) >= 11 is 0. The van der Waals surface area contributed by atoms with Crippen LogP contribution in [0.2, 0.25) is 0 Å². The second-order valence-electron chi connectivity index (χ2n) is 15.8. The van der Waals surface area contributed by atoms with E-state index in [0.717, 1.165) is 50.2 Å². The molecule has 1 aliphatic heterocycles. The van der Waals surface area contributed by atoms with E-state index in [1.165, 1.54) is 22.3 Å². The zero-order valence-corrected chi connectivity index (χ0v) is 33.9. The molecule has 12 rings (SSSR count). The molecule has 8 aromatic carbocycles. The van der Waals surface area contributed by atoms with Crippen molar-refractivity contribution in [2.75, 3.05) is 0 Å². The monoisotopic (exact) mass is 808 g/mol. The number of ether oxygens (including phenoxy) is 2. The molecule has 0 amide bonds. The maximum absolute atomic E-state index is 6.78. The van der Waals surface area contributed by atoms with Crippen molar-refractivity contribution in [2.24, 2.45) is 0 Å². The number of aromatic nitrogens is 4. The zero-order chi connectivity index (χ0) is 41.7. The minimum absolute atomic E-state index is 0.535. The molecule has 0 saturated carbocycles. The van der Waals surface area contributed by atoms with E-state index in [-0.39, 0.29) is 0 Å². The van der Waals surface area contributed by atoms with E-state index in [1.54, 1.807) is 6.20 Å². The predicted molar refractivity (Wildman–Crippen MR) is 249 cm³/mol.